The zero-order valence-electron chi connectivity index (χ0n) is 18.3. The Morgan fingerprint density at radius 1 is 1.24 bits per heavy atom. The normalized spacial score (nSPS) is 18.8. The zero-order chi connectivity index (χ0) is 23.2. The van der Waals surface area contributed by atoms with E-state index >= 15 is 0 Å². The highest BCUT2D eigenvalue weighted by molar-refractivity contribution is 5.88. The molecule has 3 heterocycles. The first-order chi connectivity index (χ1) is 15.9. The summed E-state index contributed by atoms with van der Waals surface area (Å²) in [5, 5.41) is 13.6. The van der Waals surface area contributed by atoms with Gasteiger partial charge >= 0.3 is 0 Å². The molecule has 0 radical (unpaired) electrons. The molecule has 1 N–H and O–H groups in total. The van der Waals surface area contributed by atoms with E-state index in [1.165, 1.54) is 19.3 Å². The number of ether oxygens (including phenoxy) is 2. The Hall–Kier alpha value is -3.38. The number of hydrogen-bond donors (Lipinski definition) is 1. The first-order valence-electron chi connectivity index (χ1n) is 10.9. The summed E-state index contributed by atoms with van der Waals surface area (Å²) in [7, 11) is 0. The zero-order valence-corrected chi connectivity index (χ0v) is 18.3. The van der Waals surface area contributed by atoms with Gasteiger partial charge in [-0.15, -0.1) is 0 Å². The molecular formula is C24H23F2N5O2. The molecule has 0 spiro atoms. The van der Waals surface area contributed by atoms with Crippen molar-refractivity contribution in [3.05, 3.63) is 53.1 Å². The number of nitriles is 1. The fourth-order valence-electron chi connectivity index (χ4n) is 4.02. The molecule has 2 aliphatic rings. The Morgan fingerprint density at radius 2 is 2.00 bits per heavy atom. The molecule has 0 bridgehead atoms. The highest BCUT2D eigenvalue weighted by atomic mass is 19.1. The van der Waals surface area contributed by atoms with Crippen LogP contribution < -0.4 is 10.1 Å². The second-order valence-electron chi connectivity index (χ2n) is 8.64. The van der Waals surface area contributed by atoms with E-state index in [-0.39, 0.29) is 11.7 Å². The summed E-state index contributed by atoms with van der Waals surface area (Å²) >= 11 is 0. The van der Waals surface area contributed by atoms with Crippen LogP contribution in [0.15, 0.2) is 30.6 Å². The second-order valence-corrected chi connectivity index (χ2v) is 8.64. The predicted molar refractivity (Wildman–Crippen MR) is 117 cm³/mol. The van der Waals surface area contributed by atoms with E-state index in [2.05, 4.69) is 26.3 Å². The van der Waals surface area contributed by atoms with E-state index in [0.29, 0.717) is 47.1 Å². The maximum Gasteiger partial charge on any atom is 0.220 e. The van der Waals surface area contributed by atoms with Gasteiger partial charge in [-0.25, -0.2) is 18.7 Å². The molecule has 1 saturated heterocycles. The molecule has 7 nitrogen and oxygen atoms in total. The summed E-state index contributed by atoms with van der Waals surface area (Å²) < 4.78 is 39.9. The van der Waals surface area contributed by atoms with Crippen molar-refractivity contribution in [2.75, 3.05) is 18.5 Å². The lowest BCUT2D eigenvalue weighted by Crippen LogP contribution is -2.39. The van der Waals surface area contributed by atoms with Crippen molar-refractivity contribution in [2.45, 2.75) is 50.4 Å². The quantitative estimate of drug-likeness (QED) is 0.557. The van der Waals surface area contributed by atoms with Crippen molar-refractivity contribution >= 4 is 16.9 Å². The summed E-state index contributed by atoms with van der Waals surface area (Å²) in [5.74, 6) is 0.263. The molecule has 1 aliphatic carbocycles. The van der Waals surface area contributed by atoms with Gasteiger partial charge in [-0.1, -0.05) is 18.2 Å². The third-order valence-corrected chi connectivity index (χ3v) is 6.26. The van der Waals surface area contributed by atoms with E-state index in [1.54, 1.807) is 19.1 Å². The largest absolute Gasteiger partial charge is 0.469 e. The lowest BCUT2D eigenvalue weighted by Gasteiger charge is -2.27. The van der Waals surface area contributed by atoms with Gasteiger partial charge < -0.3 is 14.8 Å². The molecular weight excluding hydrogens is 428 g/mol. The van der Waals surface area contributed by atoms with Gasteiger partial charge in [0.1, 0.15) is 30.2 Å². The Kier molecular flexibility index (Phi) is 5.33. The highest BCUT2D eigenvalue weighted by Gasteiger charge is 2.48. The Balaban J connectivity index is 1.54. The van der Waals surface area contributed by atoms with Gasteiger partial charge in [0.05, 0.1) is 36.1 Å². The Morgan fingerprint density at radius 3 is 2.64 bits per heavy atom. The van der Waals surface area contributed by atoms with Crippen LogP contribution in [0.1, 0.15) is 55.6 Å². The van der Waals surface area contributed by atoms with Gasteiger partial charge in [0.25, 0.3) is 0 Å². The van der Waals surface area contributed by atoms with Crippen molar-refractivity contribution in [1.82, 2.24) is 15.0 Å². The third kappa shape index (κ3) is 3.85. The van der Waals surface area contributed by atoms with Crippen LogP contribution in [0.3, 0.4) is 0 Å². The number of benzene rings is 1. The SMILES string of the molecule is CC(F)c1cccc([C@@H](C)Nc2ncnc3nc(OC4COC4)c(C4(C#N)CC4)cc23)c1F. The molecule has 2 atom stereocenters. The third-order valence-electron chi connectivity index (χ3n) is 6.26. The average Bonchev–Trinajstić information content (AvgIpc) is 3.57. The van der Waals surface area contributed by atoms with Gasteiger partial charge in [0, 0.05) is 16.7 Å². The van der Waals surface area contributed by atoms with Gasteiger partial charge in [0.2, 0.25) is 5.88 Å². The van der Waals surface area contributed by atoms with Crippen LogP contribution in [0.4, 0.5) is 14.6 Å². The Labute approximate surface area is 189 Å². The fraction of sp³-hybridized carbons (Fsp3) is 0.417. The van der Waals surface area contributed by atoms with E-state index in [0.717, 1.165) is 12.8 Å². The van der Waals surface area contributed by atoms with Gasteiger partial charge in [-0.3, -0.25) is 0 Å². The number of nitrogens with one attached hydrogen (secondary N) is 1. The molecule has 170 valence electrons. The van der Waals surface area contributed by atoms with Crippen molar-refractivity contribution in [1.29, 1.82) is 5.26 Å². The molecule has 9 heteroatoms. The Bertz CT molecular complexity index is 1250. The number of anilines is 1. The summed E-state index contributed by atoms with van der Waals surface area (Å²) in [6, 6.07) is 8.44. The number of alkyl halides is 1. The van der Waals surface area contributed by atoms with Crippen LogP contribution >= 0.6 is 0 Å². The van der Waals surface area contributed by atoms with E-state index in [4.69, 9.17) is 9.47 Å². The molecule has 1 unspecified atom stereocenters. The van der Waals surface area contributed by atoms with Crippen LogP contribution in [0.2, 0.25) is 0 Å². The summed E-state index contributed by atoms with van der Waals surface area (Å²) in [4.78, 5) is 13.2. The van der Waals surface area contributed by atoms with Crippen LogP contribution in [-0.2, 0) is 10.2 Å². The van der Waals surface area contributed by atoms with Crippen LogP contribution in [0.25, 0.3) is 11.0 Å². The molecule has 0 amide bonds. The summed E-state index contributed by atoms with van der Waals surface area (Å²) in [6.07, 6.45) is 1.30. The molecule has 1 aromatic carbocycles. The maximum atomic E-state index is 14.9. The number of nitrogens with zero attached hydrogens (tertiary/aromatic N) is 4. The van der Waals surface area contributed by atoms with Crippen LogP contribution in [-0.4, -0.2) is 34.3 Å². The van der Waals surface area contributed by atoms with Gasteiger partial charge in [-0.05, 0) is 32.8 Å². The van der Waals surface area contributed by atoms with Crippen molar-refractivity contribution < 1.29 is 18.3 Å². The molecule has 1 saturated carbocycles. The molecule has 33 heavy (non-hydrogen) atoms. The fourth-order valence-corrected chi connectivity index (χ4v) is 4.02. The monoisotopic (exact) mass is 451 g/mol. The van der Waals surface area contributed by atoms with Gasteiger partial charge in [-0.2, -0.15) is 10.2 Å². The minimum Gasteiger partial charge on any atom is -0.469 e. The number of halogens is 2. The summed E-state index contributed by atoms with van der Waals surface area (Å²) in [6.45, 7) is 4.05. The molecule has 2 aromatic heterocycles. The molecule has 1 aliphatic heterocycles. The molecule has 2 fully saturated rings. The summed E-state index contributed by atoms with van der Waals surface area (Å²) in [5.41, 5.74) is 0.812. The van der Waals surface area contributed by atoms with E-state index in [1.807, 2.05) is 6.07 Å². The predicted octanol–water partition coefficient (Wildman–Crippen LogP) is 4.70. The second kappa shape index (κ2) is 8.19. The standard InChI is InChI=1S/C24H23F2N5O2/c1-13(25)16-4-3-5-17(20(16)26)14(2)30-21-18-8-19(24(11-27)6-7-24)23(33-15-9-32-10-15)31-22(18)29-12-28-21/h3-5,8,12-15H,6-7,9-10H2,1-2H3,(H,28,29,30,31)/t13?,14-/m1/s1. The maximum absolute atomic E-state index is 14.9. The minimum absolute atomic E-state index is 0.0177. The van der Waals surface area contributed by atoms with Crippen LogP contribution in [0, 0.1) is 17.1 Å². The number of aromatic nitrogens is 3. The number of pyridine rings is 1. The number of fused-ring (bicyclic) bond motifs is 1. The number of rotatable bonds is 7. The smallest absolute Gasteiger partial charge is 0.220 e. The van der Waals surface area contributed by atoms with E-state index in [9.17, 15) is 14.0 Å². The van der Waals surface area contributed by atoms with Crippen molar-refractivity contribution in [3.8, 4) is 11.9 Å². The topological polar surface area (TPSA) is 93.0 Å². The first-order valence-corrected chi connectivity index (χ1v) is 10.9. The lowest BCUT2D eigenvalue weighted by atomic mass is 9.97. The average molecular weight is 451 g/mol. The van der Waals surface area contributed by atoms with Gasteiger partial charge in [0.15, 0.2) is 5.65 Å². The van der Waals surface area contributed by atoms with E-state index < -0.39 is 23.4 Å². The highest BCUT2D eigenvalue weighted by Crippen LogP contribution is 2.51. The molecule has 5 rings (SSSR count). The first kappa shape index (κ1) is 21.5. The number of hydrogen-bond acceptors (Lipinski definition) is 7. The van der Waals surface area contributed by atoms with Crippen molar-refractivity contribution in [3.63, 3.8) is 0 Å². The van der Waals surface area contributed by atoms with Crippen molar-refractivity contribution in [2.24, 2.45) is 0 Å². The minimum atomic E-state index is -1.41. The molecule has 3 aromatic rings. The van der Waals surface area contributed by atoms with Crippen LogP contribution in [0.5, 0.6) is 5.88 Å². The lowest BCUT2D eigenvalue weighted by molar-refractivity contribution is -0.0816.